The maximum atomic E-state index is 13.2. The molecule has 0 unspecified atom stereocenters. The largest absolute Gasteiger partial charge is 0.457 e. The van der Waals surface area contributed by atoms with Gasteiger partial charge in [-0.1, -0.05) is 30.3 Å². The van der Waals surface area contributed by atoms with Gasteiger partial charge in [-0.2, -0.15) is 0 Å². The van der Waals surface area contributed by atoms with Crippen molar-refractivity contribution in [2.75, 3.05) is 0 Å². The first-order chi connectivity index (χ1) is 18.3. The summed E-state index contributed by atoms with van der Waals surface area (Å²) in [5.74, 6) is 1.92. The molecule has 10 rings (SSSR count). The van der Waals surface area contributed by atoms with Crippen molar-refractivity contribution in [3.63, 3.8) is 0 Å². The number of sulfone groups is 2. The standard InChI is InChI=1S/C30H20O6S2/c31-37(32)27-12-4-21(5-13-27)22-6-14-28(15-7-22)38(33,34)30-18-10-24(11-19-30)36-26-3-1-2-25(20-26)35-23-8-16-29(37)17-9-23/h1-20H. The van der Waals surface area contributed by atoms with Gasteiger partial charge in [0.15, 0.2) is 0 Å². The van der Waals surface area contributed by atoms with E-state index in [1.807, 2.05) is 0 Å². The minimum atomic E-state index is -3.74. The lowest BCUT2D eigenvalue weighted by Crippen LogP contribution is -2.02. The molecule has 0 radical (unpaired) electrons. The van der Waals surface area contributed by atoms with Crippen molar-refractivity contribution in [3.05, 3.63) is 121 Å². The van der Waals surface area contributed by atoms with Crippen molar-refractivity contribution in [2.24, 2.45) is 0 Å². The predicted molar refractivity (Wildman–Crippen MR) is 142 cm³/mol. The van der Waals surface area contributed by atoms with E-state index in [0.717, 1.165) is 11.1 Å². The molecule has 0 aliphatic carbocycles. The maximum Gasteiger partial charge on any atom is 0.206 e. The topological polar surface area (TPSA) is 86.7 Å². The van der Waals surface area contributed by atoms with Crippen molar-refractivity contribution in [3.8, 4) is 34.1 Å². The third-order valence-corrected chi connectivity index (χ3v) is 9.78. The highest BCUT2D eigenvalue weighted by Crippen LogP contribution is 2.32. The fraction of sp³-hybridized carbons (Fsp3) is 0. The molecule has 38 heavy (non-hydrogen) atoms. The molecule has 0 saturated carbocycles. The Labute approximate surface area is 220 Å². The van der Waals surface area contributed by atoms with Crippen LogP contribution < -0.4 is 9.47 Å². The van der Waals surface area contributed by atoms with Crippen LogP contribution in [0.3, 0.4) is 0 Å². The summed E-state index contributed by atoms with van der Waals surface area (Å²) in [6.45, 7) is 0. The Morgan fingerprint density at radius 3 is 1.03 bits per heavy atom. The third kappa shape index (κ3) is 4.44. The van der Waals surface area contributed by atoms with Gasteiger partial charge >= 0.3 is 0 Å². The average Bonchev–Trinajstić information content (AvgIpc) is 2.94. The van der Waals surface area contributed by atoms with Crippen molar-refractivity contribution < 1.29 is 26.3 Å². The zero-order chi connectivity index (χ0) is 26.3. The molecule has 8 heteroatoms. The van der Waals surface area contributed by atoms with Gasteiger partial charge in [-0.05, 0) is 96.1 Å². The minimum Gasteiger partial charge on any atom is -0.457 e. The average molecular weight is 541 g/mol. The highest BCUT2D eigenvalue weighted by atomic mass is 32.2. The van der Waals surface area contributed by atoms with Crippen LogP contribution in [-0.4, -0.2) is 16.8 Å². The van der Waals surface area contributed by atoms with Crippen LogP contribution in [0.15, 0.2) is 141 Å². The number of ether oxygens (including phenoxy) is 2. The van der Waals surface area contributed by atoms with Gasteiger partial charge in [0.1, 0.15) is 23.0 Å². The fourth-order valence-corrected chi connectivity index (χ4v) is 6.69. The minimum absolute atomic E-state index is 0.144. The molecule has 6 nitrogen and oxygen atoms in total. The van der Waals surface area contributed by atoms with Gasteiger partial charge in [0.05, 0.1) is 19.6 Å². The number of benzene rings is 5. The SMILES string of the molecule is O=S1(=O)c2ccc(cc2)Oc2cccc(c2)Oc2ccc(cc2)S(=O)(=O)c2ccc(cc2)-c2ccc1cc2. The maximum absolute atomic E-state index is 13.2. The van der Waals surface area contributed by atoms with Gasteiger partial charge in [-0.15, -0.1) is 0 Å². The van der Waals surface area contributed by atoms with Crippen molar-refractivity contribution >= 4 is 19.7 Å². The van der Waals surface area contributed by atoms with E-state index in [9.17, 15) is 16.8 Å². The Kier molecular flexibility index (Phi) is 5.78. The number of hydrogen-bond acceptors (Lipinski definition) is 6. The van der Waals surface area contributed by atoms with Crippen LogP contribution >= 0.6 is 0 Å². The highest BCUT2D eigenvalue weighted by molar-refractivity contribution is 7.91. The van der Waals surface area contributed by atoms with Gasteiger partial charge in [0, 0.05) is 6.07 Å². The smallest absolute Gasteiger partial charge is 0.206 e. The van der Waals surface area contributed by atoms with E-state index in [2.05, 4.69) is 0 Å². The van der Waals surface area contributed by atoms with E-state index < -0.39 is 19.7 Å². The van der Waals surface area contributed by atoms with E-state index in [4.69, 9.17) is 9.47 Å². The molecule has 0 aromatic heterocycles. The van der Waals surface area contributed by atoms with Gasteiger partial charge in [-0.3, -0.25) is 0 Å². The number of rotatable bonds is 0. The first kappa shape index (κ1) is 24.0. The van der Waals surface area contributed by atoms with E-state index in [1.165, 1.54) is 24.3 Å². The van der Waals surface area contributed by atoms with Crippen molar-refractivity contribution in [1.29, 1.82) is 0 Å². The third-order valence-electron chi connectivity index (χ3n) is 6.21. The fourth-order valence-electron chi connectivity index (χ4n) is 4.17. The molecule has 0 saturated heterocycles. The normalized spacial score (nSPS) is 15.1. The van der Waals surface area contributed by atoms with Gasteiger partial charge in [-0.25, -0.2) is 16.8 Å². The van der Waals surface area contributed by atoms with E-state index in [1.54, 1.807) is 97.1 Å². The Bertz CT molecular complexity index is 1710. The lowest BCUT2D eigenvalue weighted by molar-refractivity contribution is 0.460. The Hall–Kier alpha value is -4.40. The van der Waals surface area contributed by atoms with Crippen molar-refractivity contribution in [2.45, 2.75) is 19.6 Å². The monoisotopic (exact) mass is 540 g/mol. The molecule has 5 heterocycles. The molecular formula is C30H20O6S2. The second kappa shape index (κ2) is 9.16. The lowest BCUT2D eigenvalue weighted by atomic mass is 10.1. The quantitative estimate of drug-likeness (QED) is 0.208. The number of hydrogen-bond donors (Lipinski definition) is 0. The van der Waals surface area contributed by atoms with E-state index >= 15 is 0 Å². The summed E-state index contributed by atoms with van der Waals surface area (Å²) in [7, 11) is -7.49. The molecule has 10 bridgehead atoms. The first-order valence-corrected chi connectivity index (χ1v) is 14.6. The molecule has 5 aromatic rings. The molecule has 5 aromatic carbocycles. The highest BCUT2D eigenvalue weighted by Gasteiger charge is 2.20. The van der Waals surface area contributed by atoms with Crippen LogP contribution in [-0.2, 0) is 19.7 Å². The summed E-state index contributed by atoms with van der Waals surface area (Å²) < 4.78 is 64.6. The van der Waals surface area contributed by atoms with Gasteiger partial charge in [0.25, 0.3) is 0 Å². The molecular weight excluding hydrogens is 520 g/mol. The summed E-state index contributed by atoms with van der Waals surface area (Å²) in [4.78, 5) is 0.595. The second-order valence-corrected chi connectivity index (χ2v) is 12.6. The summed E-state index contributed by atoms with van der Waals surface area (Å²) >= 11 is 0. The Morgan fingerprint density at radius 1 is 0.368 bits per heavy atom. The lowest BCUT2D eigenvalue weighted by Gasteiger charge is -2.10. The zero-order valence-electron chi connectivity index (χ0n) is 19.8. The van der Waals surface area contributed by atoms with E-state index in [-0.39, 0.29) is 19.6 Å². The molecule has 0 N–H and O–H groups in total. The van der Waals surface area contributed by atoms with Crippen LogP contribution in [0.5, 0.6) is 23.0 Å². The molecule has 5 aliphatic rings. The molecule has 188 valence electrons. The second-order valence-electron chi connectivity index (χ2n) is 8.68. The predicted octanol–water partition coefficient (Wildman–Crippen LogP) is 6.92. The molecule has 0 fully saturated rings. The van der Waals surface area contributed by atoms with Crippen LogP contribution in [0.2, 0.25) is 0 Å². The molecule has 0 amide bonds. The van der Waals surface area contributed by atoms with Gasteiger partial charge in [0.2, 0.25) is 19.7 Å². The van der Waals surface area contributed by atoms with Crippen LogP contribution in [0, 0.1) is 0 Å². The molecule has 0 atom stereocenters. The van der Waals surface area contributed by atoms with E-state index in [0.29, 0.717) is 23.0 Å². The van der Waals surface area contributed by atoms with Gasteiger partial charge < -0.3 is 9.47 Å². The number of fused-ring (bicyclic) bond motifs is 4. The van der Waals surface area contributed by atoms with Crippen LogP contribution in [0.4, 0.5) is 0 Å². The summed E-state index contributed by atoms with van der Waals surface area (Å²) in [5, 5.41) is 0. The zero-order valence-corrected chi connectivity index (χ0v) is 21.4. The summed E-state index contributed by atoms with van der Waals surface area (Å²) in [6, 6.07) is 32.4. The van der Waals surface area contributed by atoms with Crippen molar-refractivity contribution in [1.82, 2.24) is 0 Å². The Morgan fingerprint density at radius 2 is 0.684 bits per heavy atom. The van der Waals surface area contributed by atoms with Crippen LogP contribution in [0.25, 0.3) is 11.1 Å². The molecule has 5 aliphatic heterocycles. The first-order valence-electron chi connectivity index (χ1n) is 11.7. The summed E-state index contributed by atoms with van der Waals surface area (Å²) in [6.07, 6.45) is 0. The Balaban J connectivity index is 1.46. The summed E-state index contributed by atoms with van der Waals surface area (Å²) in [5.41, 5.74) is 1.52. The van der Waals surface area contributed by atoms with Crippen LogP contribution in [0.1, 0.15) is 0 Å². The molecule has 0 spiro atoms.